The minimum Gasteiger partial charge on any atom is -0.392 e. The zero-order valence-corrected chi connectivity index (χ0v) is 7.15. The first-order valence-electron chi connectivity index (χ1n) is 3.97. The first-order chi connectivity index (χ1) is 4.70. The zero-order chi connectivity index (χ0) is 7.98. The molecule has 0 spiro atoms. The fraction of sp³-hybridized carbons (Fsp3) is 0.875. The van der Waals surface area contributed by atoms with Crippen molar-refractivity contribution in [1.82, 2.24) is 5.32 Å². The second kappa shape index (κ2) is 5.69. The van der Waals surface area contributed by atoms with Gasteiger partial charge >= 0.3 is 0 Å². The van der Waals surface area contributed by atoms with Crippen LogP contribution in [0.2, 0.25) is 0 Å². The van der Waals surface area contributed by atoms with Gasteiger partial charge in [-0.1, -0.05) is 13.8 Å². The Balaban J connectivity index is 3.26. The SMILES string of the molecule is CC[C](CC)NCC(C)O. The summed E-state index contributed by atoms with van der Waals surface area (Å²) >= 11 is 0. The maximum atomic E-state index is 8.92. The third-order valence-electron chi connectivity index (χ3n) is 1.50. The Bertz CT molecular complexity index is 69.7. The van der Waals surface area contributed by atoms with Crippen LogP contribution in [0.5, 0.6) is 0 Å². The van der Waals surface area contributed by atoms with Crippen LogP contribution in [0, 0.1) is 6.04 Å². The molecule has 0 amide bonds. The average Bonchev–Trinajstić information content (AvgIpc) is 1.90. The lowest BCUT2D eigenvalue weighted by molar-refractivity contribution is 0.191. The molecule has 2 nitrogen and oxygen atoms in total. The minimum absolute atomic E-state index is 0.243. The maximum Gasteiger partial charge on any atom is 0.0636 e. The predicted molar refractivity (Wildman–Crippen MR) is 43.5 cm³/mol. The van der Waals surface area contributed by atoms with E-state index in [-0.39, 0.29) is 6.10 Å². The van der Waals surface area contributed by atoms with Crippen molar-refractivity contribution in [2.75, 3.05) is 6.54 Å². The minimum atomic E-state index is -0.243. The van der Waals surface area contributed by atoms with Crippen molar-refractivity contribution in [1.29, 1.82) is 0 Å². The van der Waals surface area contributed by atoms with Gasteiger partial charge in [0.2, 0.25) is 0 Å². The van der Waals surface area contributed by atoms with E-state index < -0.39 is 0 Å². The number of aliphatic hydroxyl groups excluding tert-OH is 1. The van der Waals surface area contributed by atoms with Gasteiger partial charge < -0.3 is 10.4 Å². The molecule has 1 radical (unpaired) electrons. The number of rotatable bonds is 5. The van der Waals surface area contributed by atoms with E-state index >= 15 is 0 Å². The fourth-order valence-electron chi connectivity index (χ4n) is 0.792. The van der Waals surface area contributed by atoms with Gasteiger partial charge in [0.15, 0.2) is 0 Å². The third-order valence-corrected chi connectivity index (χ3v) is 1.50. The van der Waals surface area contributed by atoms with Gasteiger partial charge in [0, 0.05) is 12.6 Å². The highest BCUT2D eigenvalue weighted by Crippen LogP contribution is 2.04. The lowest BCUT2D eigenvalue weighted by atomic mass is 10.2. The van der Waals surface area contributed by atoms with E-state index in [9.17, 15) is 0 Å². The summed E-state index contributed by atoms with van der Waals surface area (Å²) < 4.78 is 0. The Labute approximate surface area is 63.6 Å². The highest BCUT2D eigenvalue weighted by Gasteiger charge is 2.03. The molecule has 0 aliphatic carbocycles. The van der Waals surface area contributed by atoms with Crippen molar-refractivity contribution >= 4 is 0 Å². The van der Waals surface area contributed by atoms with Crippen molar-refractivity contribution in [2.24, 2.45) is 0 Å². The fourth-order valence-corrected chi connectivity index (χ4v) is 0.792. The first-order valence-corrected chi connectivity index (χ1v) is 3.97. The Morgan fingerprint density at radius 1 is 1.40 bits per heavy atom. The summed E-state index contributed by atoms with van der Waals surface area (Å²) in [5, 5.41) is 12.1. The summed E-state index contributed by atoms with van der Waals surface area (Å²) in [6, 6.07) is 1.32. The standard InChI is InChI=1S/C8H18NO/c1-4-8(5-2)9-6-7(3)10/h7,9-10H,4-6H2,1-3H3. The van der Waals surface area contributed by atoms with E-state index in [1.807, 2.05) is 0 Å². The van der Waals surface area contributed by atoms with Gasteiger partial charge in [0.05, 0.1) is 6.10 Å². The van der Waals surface area contributed by atoms with Crippen LogP contribution in [0.15, 0.2) is 0 Å². The van der Waals surface area contributed by atoms with E-state index in [1.54, 1.807) is 6.92 Å². The number of nitrogens with one attached hydrogen (secondary N) is 1. The molecule has 0 aliphatic rings. The Kier molecular flexibility index (Phi) is 5.64. The van der Waals surface area contributed by atoms with Crippen molar-refractivity contribution < 1.29 is 5.11 Å². The van der Waals surface area contributed by atoms with E-state index in [2.05, 4.69) is 19.2 Å². The highest BCUT2D eigenvalue weighted by atomic mass is 16.3. The van der Waals surface area contributed by atoms with Crippen molar-refractivity contribution in [3.63, 3.8) is 0 Å². The first kappa shape index (κ1) is 9.92. The monoisotopic (exact) mass is 144 g/mol. The van der Waals surface area contributed by atoms with Crippen LogP contribution in [0.1, 0.15) is 33.6 Å². The topological polar surface area (TPSA) is 32.3 Å². The average molecular weight is 144 g/mol. The van der Waals surface area contributed by atoms with Crippen molar-refractivity contribution in [3.8, 4) is 0 Å². The molecule has 0 aromatic rings. The molecule has 0 rings (SSSR count). The van der Waals surface area contributed by atoms with E-state index in [1.165, 1.54) is 6.04 Å². The summed E-state index contributed by atoms with van der Waals surface area (Å²) in [7, 11) is 0. The molecule has 1 unspecified atom stereocenters. The molecule has 0 saturated carbocycles. The van der Waals surface area contributed by atoms with E-state index in [4.69, 9.17) is 5.11 Å². The second-order valence-electron chi connectivity index (χ2n) is 2.54. The highest BCUT2D eigenvalue weighted by molar-refractivity contribution is 4.83. The van der Waals surface area contributed by atoms with Gasteiger partial charge in [-0.2, -0.15) is 0 Å². The lowest BCUT2D eigenvalue weighted by Crippen LogP contribution is -2.27. The molecule has 0 saturated heterocycles. The smallest absolute Gasteiger partial charge is 0.0636 e. The third kappa shape index (κ3) is 4.77. The Morgan fingerprint density at radius 2 is 1.90 bits per heavy atom. The van der Waals surface area contributed by atoms with Crippen LogP contribution in [0.4, 0.5) is 0 Å². The molecule has 2 N–H and O–H groups in total. The molecule has 0 aromatic heterocycles. The lowest BCUT2D eigenvalue weighted by Gasteiger charge is -2.14. The van der Waals surface area contributed by atoms with Gasteiger partial charge in [-0.3, -0.25) is 0 Å². The molecule has 0 aromatic carbocycles. The molecule has 0 aliphatic heterocycles. The predicted octanol–water partition coefficient (Wildman–Crippen LogP) is 1.31. The van der Waals surface area contributed by atoms with Gasteiger partial charge in [0.1, 0.15) is 0 Å². The van der Waals surface area contributed by atoms with Gasteiger partial charge in [-0.25, -0.2) is 0 Å². The van der Waals surface area contributed by atoms with Gasteiger partial charge in [-0.05, 0) is 19.8 Å². The van der Waals surface area contributed by atoms with Crippen LogP contribution < -0.4 is 5.32 Å². The molecule has 0 heterocycles. The van der Waals surface area contributed by atoms with Crippen LogP contribution >= 0.6 is 0 Å². The van der Waals surface area contributed by atoms with Crippen molar-refractivity contribution in [2.45, 2.75) is 39.7 Å². The Morgan fingerprint density at radius 3 is 2.20 bits per heavy atom. The normalized spacial score (nSPS) is 14.1. The number of aliphatic hydroxyl groups is 1. The van der Waals surface area contributed by atoms with Gasteiger partial charge in [0.25, 0.3) is 0 Å². The van der Waals surface area contributed by atoms with Gasteiger partial charge in [-0.15, -0.1) is 0 Å². The molecule has 0 bridgehead atoms. The Hall–Kier alpha value is -0.0800. The molecule has 61 valence electrons. The summed E-state index contributed by atoms with van der Waals surface area (Å²) in [6.45, 7) is 6.70. The van der Waals surface area contributed by atoms with Crippen molar-refractivity contribution in [3.05, 3.63) is 6.04 Å². The summed E-state index contributed by atoms with van der Waals surface area (Å²) in [5.41, 5.74) is 0. The summed E-state index contributed by atoms with van der Waals surface area (Å²) in [5.74, 6) is 0. The second-order valence-corrected chi connectivity index (χ2v) is 2.54. The molecule has 1 atom stereocenters. The van der Waals surface area contributed by atoms with E-state index in [0.29, 0.717) is 6.54 Å². The van der Waals surface area contributed by atoms with Crippen LogP contribution in [-0.4, -0.2) is 17.8 Å². The quantitative estimate of drug-likeness (QED) is 0.609. The van der Waals surface area contributed by atoms with Crippen LogP contribution in [-0.2, 0) is 0 Å². The number of hydrogen-bond acceptors (Lipinski definition) is 2. The maximum absolute atomic E-state index is 8.92. The molecule has 10 heavy (non-hydrogen) atoms. The van der Waals surface area contributed by atoms with Crippen LogP contribution in [0.3, 0.4) is 0 Å². The summed E-state index contributed by atoms with van der Waals surface area (Å²) in [6.07, 6.45) is 1.87. The molecule has 2 heteroatoms. The molecular formula is C8H18NO. The number of hydrogen-bond donors (Lipinski definition) is 2. The summed E-state index contributed by atoms with van der Waals surface area (Å²) in [4.78, 5) is 0. The zero-order valence-electron chi connectivity index (χ0n) is 7.15. The molecular weight excluding hydrogens is 126 g/mol. The largest absolute Gasteiger partial charge is 0.392 e. The van der Waals surface area contributed by atoms with Crippen LogP contribution in [0.25, 0.3) is 0 Å². The molecule has 0 fully saturated rings. The van der Waals surface area contributed by atoms with E-state index in [0.717, 1.165) is 12.8 Å².